The molecule has 0 unspecified atom stereocenters. The van der Waals surface area contributed by atoms with Crippen LogP contribution in [0.25, 0.3) is 0 Å². The molecule has 0 bridgehead atoms. The number of amides is 1. The Morgan fingerprint density at radius 3 is 1.94 bits per heavy atom. The fourth-order valence-electron chi connectivity index (χ4n) is 3.01. The first-order valence-electron chi connectivity index (χ1n) is 12.4. The number of carbonyl (C=O) groups excluding carboxylic acids is 2. The van der Waals surface area contributed by atoms with Crippen molar-refractivity contribution in [2.24, 2.45) is 0 Å². The van der Waals surface area contributed by atoms with Gasteiger partial charge in [-0.2, -0.15) is 11.8 Å². The number of carboxylic acids is 1. The van der Waals surface area contributed by atoms with Crippen LogP contribution in [0.3, 0.4) is 0 Å². The molecular formula is C26H41Cl2NO5S. The monoisotopic (exact) mass is 549 g/mol. The Morgan fingerprint density at radius 2 is 1.46 bits per heavy atom. The van der Waals surface area contributed by atoms with Crippen molar-refractivity contribution in [2.45, 2.75) is 83.8 Å². The number of halogens is 2. The number of nitrogens with one attached hydrogen (secondary N) is 1. The van der Waals surface area contributed by atoms with Crippen LogP contribution in [0, 0.1) is 0 Å². The van der Waals surface area contributed by atoms with Gasteiger partial charge in [0.2, 0.25) is 0 Å². The molecule has 0 aliphatic rings. The Kier molecular flexibility index (Phi) is 23.3. The normalized spacial score (nSPS) is 11.2. The molecule has 1 aromatic carbocycles. The fourth-order valence-corrected chi connectivity index (χ4v) is 4.33. The molecule has 0 aliphatic heterocycles. The molecule has 1 amide bonds. The van der Waals surface area contributed by atoms with E-state index in [1.165, 1.54) is 57.8 Å². The standard InChI is InChI=1S/C23H37NO4S.C3H4Cl2O/c1-2-3-4-5-6-7-8-9-10-14-17-29-19-21(22(25)26)24-23(27)28-18-20-15-12-11-13-16-20;4-1-3(6)2-5/h11-13,15-16,21H,2-10,14,17-19H2,1H3,(H,24,27)(H,25,26);1-2H2/t21-;/m0./s1. The van der Waals surface area contributed by atoms with Gasteiger partial charge in [-0.05, 0) is 17.7 Å². The van der Waals surface area contributed by atoms with Crippen molar-refractivity contribution in [1.82, 2.24) is 5.32 Å². The summed E-state index contributed by atoms with van der Waals surface area (Å²) in [5, 5.41) is 11.7. The van der Waals surface area contributed by atoms with Crippen LogP contribution in [-0.4, -0.2) is 52.3 Å². The summed E-state index contributed by atoms with van der Waals surface area (Å²) in [5.41, 5.74) is 0.866. The summed E-state index contributed by atoms with van der Waals surface area (Å²) in [6, 6.07) is 8.39. The maximum atomic E-state index is 11.8. The highest BCUT2D eigenvalue weighted by molar-refractivity contribution is 7.99. The second-order valence-electron chi connectivity index (χ2n) is 8.16. The molecule has 9 heteroatoms. The van der Waals surface area contributed by atoms with Crippen LogP contribution in [0.5, 0.6) is 0 Å². The maximum absolute atomic E-state index is 11.8. The van der Waals surface area contributed by atoms with Crippen LogP contribution in [-0.2, 0) is 20.9 Å². The molecule has 1 aromatic rings. The van der Waals surface area contributed by atoms with E-state index >= 15 is 0 Å². The highest BCUT2D eigenvalue weighted by atomic mass is 35.5. The Morgan fingerprint density at radius 1 is 0.914 bits per heavy atom. The lowest BCUT2D eigenvalue weighted by Crippen LogP contribution is -2.42. The van der Waals surface area contributed by atoms with Gasteiger partial charge >= 0.3 is 12.1 Å². The van der Waals surface area contributed by atoms with Crippen molar-refractivity contribution in [3.05, 3.63) is 35.9 Å². The minimum Gasteiger partial charge on any atom is -0.480 e. The van der Waals surface area contributed by atoms with Gasteiger partial charge in [-0.3, -0.25) is 4.79 Å². The van der Waals surface area contributed by atoms with Crippen molar-refractivity contribution in [2.75, 3.05) is 23.3 Å². The number of ether oxygens (including phenoxy) is 1. The molecule has 0 saturated heterocycles. The van der Waals surface area contributed by atoms with Gasteiger partial charge < -0.3 is 15.2 Å². The Balaban J connectivity index is 0.00000170. The predicted molar refractivity (Wildman–Crippen MR) is 147 cm³/mol. The van der Waals surface area contributed by atoms with Crippen molar-refractivity contribution in [1.29, 1.82) is 0 Å². The molecule has 0 aliphatic carbocycles. The molecule has 0 fully saturated rings. The van der Waals surface area contributed by atoms with Gasteiger partial charge in [0.1, 0.15) is 12.6 Å². The molecule has 0 radical (unpaired) electrons. The quantitative estimate of drug-likeness (QED) is 0.142. The van der Waals surface area contributed by atoms with Gasteiger partial charge in [0.05, 0.1) is 11.8 Å². The lowest BCUT2D eigenvalue weighted by atomic mass is 10.1. The predicted octanol–water partition coefficient (Wildman–Crippen LogP) is 7.05. The minimum atomic E-state index is -1.03. The van der Waals surface area contributed by atoms with Crippen LogP contribution < -0.4 is 5.32 Å². The number of Topliss-reactive ketones (excluding diaryl/α,β-unsaturated/α-hetero) is 1. The topological polar surface area (TPSA) is 92.7 Å². The molecule has 6 nitrogen and oxygen atoms in total. The van der Waals surface area contributed by atoms with E-state index in [9.17, 15) is 19.5 Å². The number of ketones is 1. The number of carboxylic acid groups (broad SMARTS) is 1. The number of aliphatic carboxylic acids is 1. The average Bonchev–Trinajstić information content (AvgIpc) is 2.87. The van der Waals surface area contributed by atoms with Crippen molar-refractivity contribution < 1.29 is 24.2 Å². The van der Waals surface area contributed by atoms with Crippen LogP contribution in [0.4, 0.5) is 4.79 Å². The van der Waals surface area contributed by atoms with Gasteiger partial charge in [0.15, 0.2) is 5.78 Å². The smallest absolute Gasteiger partial charge is 0.408 e. The molecule has 200 valence electrons. The van der Waals surface area contributed by atoms with Gasteiger partial charge in [-0.25, -0.2) is 9.59 Å². The molecule has 0 spiro atoms. The van der Waals surface area contributed by atoms with E-state index in [0.717, 1.165) is 17.7 Å². The number of rotatable bonds is 19. The van der Waals surface area contributed by atoms with E-state index in [1.807, 2.05) is 30.3 Å². The molecule has 35 heavy (non-hydrogen) atoms. The van der Waals surface area contributed by atoms with E-state index in [0.29, 0.717) is 5.75 Å². The van der Waals surface area contributed by atoms with Crippen LogP contribution >= 0.6 is 35.0 Å². The fraction of sp³-hybridized carbons (Fsp3) is 0.654. The molecule has 0 heterocycles. The summed E-state index contributed by atoms with van der Waals surface area (Å²) >= 11 is 11.6. The van der Waals surface area contributed by atoms with Crippen molar-refractivity contribution in [3.8, 4) is 0 Å². The zero-order valence-electron chi connectivity index (χ0n) is 20.8. The van der Waals surface area contributed by atoms with Crippen molar-refractivity contribution in [3.63, 3.8) is 0 Å². The second kappa shape index (κ2) is 24.3. The third-order valence-corrected chi connectivity index (χ3v) is 6.77. The summed E-state index contributed by atoms with van der Waals surface area (Å²) < 4.78 is 5.10. The van der Waals surface area contributed by atoms with E-state index < -0.39 is 18.1 Å². The van der Waals surface area contributed by atoms with Gasteiger partial charge in [0.25, 0.3) is 0 Å². The average molecular weight is 551 g/mol. The van der Waals surface area contributed by atoms with Crippen LogP contribution in [0.15, 0.2) is 30.3 Å². The lowest BCUT2D eigenvalue weighted by Gasteiger charge is -2.14. The van der Waals surface area contributed by atoms with E-state index in [2.05, 4.69) is 12.2 Å². The van der Waals surface area contributed by atoms with Crippen LogP contribution in [0.2, 0.25) is 0 Å². The van der Waals surface area contributed by atoms with E-state index in [4.69, 9.17) is 27.9 Å². The summed E-state index contributed by atoms with van der Waals surface area (Å²) in [7, 11) is 0. The number of hydrogen-bond donors (Lipinski definition) is 2. The van der Waals surface area contributed by atoms with E-state index in [-0.39, 0.29) is 24.2 Å². The number of alkyl carbamates (subject to hydrolysis) is 1. The third-order valence-electron chi connectivity index (χ3n) is 5.03. The van der Waals surface area contributed by atoms with Crippen LogP contribution in [0.1, 0.15) is 76.7 Å². The number of alkyl halides is 2. The largest absolute Gasteiger partial charge is 0.480 e. The van der Waals surface area contributed by atoms with Crippen molar-refractivity contribution >= 4 is 52.8 Å². The molecule has 2 N–H and O–H groups in total. The molecule has 0 saturated carbocycles. The summed E-state index contributed by atoms with van der Waals surface area (Å²) in [4.78, 5) is 33.1. The molecular weight excluding hydrogens is 509 g/mol. The maximum Gasteiger partial charge on any atom is 0.408 e. The highest BCUT2D eigenvalue weighted by Crippen LogP contribution is 2.13. The first-order valence-corrected chi connectivity index (χ1v) is 14.6. The molecule has 0 aromatic heterocycles. The SMILES string of the molecule is CCCCCCCCCCCCSC[C@H](NC(=O)OCc1ccccc1)C(=O)O.O=C(CCl)CCl. The Bertz CT molecular complexity index is 673. The summed E-state index contributed by atoms with van der Waals surface area (Å²) in [6.07, 6.45) is 12.2. The number of thioether (sulfide) groups is 1. The summed E-state index contributed by atoms with van der Waals surface area (Å²) in [6.45, 7) is 2.37. The number of carbonyl (C=O) groups is 3. The Hall–Kier alpha value is -1.44. The second-order valence-corrected chi connectivity index (χ2v) is 9.84. The number of hydrogen-bond acceptors (Lipinski definition) is 5. The van der Waals surface area contributed by atoms with Gasteiger partial charge in [-0.15, -0.1) is 23.2 Å². The van der Waals surface area contributed by atoms with Gasteiger partial charge in [0, 0.05) is 5.75 Å². The minimum absolute atomic E-state index is 0.0312. The number of unbranched alkanes of at least 4 members (excludes halogenated alkanes) is 9. The number of benzene rings is 1. The lowest BCUT2D eigenvalue weighted by molar-refractivity contribution is -0.138. The molecule has 1 atom stereocenters. The highest BCUT2D eigenvalue weighted by Gasteiger charge is 2.20. The first-order chi connectivity index (χ1) is 16.9. The third kappa shape index (κ3) is 21.6. The molecule has 1 rings (SSSR count). The zero-order chi connectivity index (χ0) is 26.2. The Labute approximate surface area is 224 Å². The van der Waals surface area contributed by atoms with Gasteiger partial charge in [-0.1, -0.05) is 95.0 Å². The zero-order valence-corrected chi connectivity index (χ0v) is 23.1. The van der Waals surface area contributed by atoms with E-state index in [1.54, 1.807) is 11.8 Å². The summed E-state index contributed by atoms with van der Waals surface area (Å²) in [5.74, 6) is 0.178. The first kappa shape index (κ1) is 33.6.